The highest BCUT2D eigenvalue weighted by molar-refractivity contribution is 5.79. The first kappa shape index (κ1) is 17.9. The van der Waals surface area contributed by atoms with Crippen LogP contribution >= 0.6 is 0 Å². The normalized spacial score (nSPS) is 18.4. The molecule has 7 nitrogen and oxygen atoms in total. The van der Waals surface area contributed by atoms with Crippen molar-refractivity contribution in [1.29, 1.82) is 0 Å². The van der Waals surface area contributed by atoms with Crippen LogP contribution in [-0.4, -0.2) is 52.2 Å². The van der Waals surface area contributed by atoms with E-state index in [4.69, 9.17) is 4.74 Å². The summed E-state index contributed by atoms with van der Waals surface area (Å²) >= 11 is 0. The molecule has 0 radical (unpaired) electrons. The number of rotatable bonds is 3. The van der Waals surface area contributed by atoms with Crippen LogP contribution in [0.5, 0.6) is 0 Å². The summed E-state index contributed by atoms with van der Waals surface area (Å²) in [7, 11) is 1.84. The first-order chi connectivity index (χ1) is 14.2. The second kappa shape index (κ2) is 7.33. The third-order valence-corrected chi connectivity index (χ3v) is 5.75. The zero-order valence-corrected chi connectivity index (χ0v) is 16.3. The van der Waals surface area contributed by atoms with E-state index in [0.717, 1.165) is 5.69 Å². The number of carbonyl (C=O) groups excluding carboxylic acids is 1. The van der Waals surface area contributed by atoms with Crippen molar-refractivity contribution < 1.29 is 9.53 Å². The molecule has 1 aliphatic carbocycles. The van der Waals surface area contributed by atoms with Crippen molar-refractivity contribution in [3.05, 3.63) is 71.5 Å². The smallest absolute Gasteiger partial charge is 0.409 e. The molecule has 1 atom stereocenters. The molecule has 1 amide bonds. The molecule has 148 valence electrons. The summed E-state index contributed by atoms with van der Waals surface area (Å²) in [6.07, 6.45) is 1.60. The maximum Gasteiger partial charge on any atom is 0.409 e. The molecular formula is C22H23N5O2. The van der Waals surface area contributed by atoms with Gasteiger partial charge in [-0.15, -0.1) is 5.10 Å². The maximum absolute atomic E-state index is 12.8. The fourth-order valence-electron chi connectivity index (χ4n) is 4.32. The molecule has 1 aliphatic heterocycles. The predicted octanol–water partition coefficient (Wildman–Crippen LogP) is 2.71. The SMILES string of the molecule is Cn1cc(C2CN(C(=O)OCC3c4ccccc4-c4ccccc43)CCN2)nn1. The first-order valence-corrected chi connectivity index (χ1v) is 9.90. The van der Waals surface area contributed by atoms with Gasteiger partial charge in [-0.1, -0.05) is 53.7 Å². The van der Waals surface area contributed by atoms with Crippen molar-refractivity contribution in [3.8, 4) is 11.1 Å². The first-order valence-electron chi connectivity index (χ1n) is 9.90. The molecule has 0 saturated carbocycles. The third-order valence-electron chi connectivity index (χ3n) is 5.75. The quantitative estimate of drug-likeness (QED) is 0.746. The molecule has 0 bridgehead atoms. The van der Waals surface area contributed by atoms with Crippen molar-refractivity contribution in [2.24, 2.45) is 7.05 Å². The van der Waals surface area contributed by atoms with Gasteiger partial charge in [-0.2, -0.15) is 0 Å². The number of hydrogen-bond acceptors (Lipinski definition) is 5. The monoisotopic (exact) mass is 389 g/mol. The highest BCUT2D eigenvalue weighted by atomic mass is 16.6. The van der Waals surface area contributed by atoms with Gasteiger partial charge in [0, 0.05) is 38.8 Å². The number of fused-ring (bicyclic) bond motifs is 3. The standard InChI is InChI=1S/C22H23N5O2/c1-26-12-21(24-25-26)20-13-27(11-10-23-20)22(28)29-14-19-17-8-4-2-6-15(17)16-7-3-5-9-18(16)19/h2-9,12,19-20,23H,10-11,13-14H2,1H3. The topological polar surface area (TPSA) is 72.3 Å². The molecule has 29 heavy (non-hydrogen) atoms. The van der Waals surface area contributed by atoms with Gasteiger partial charge in [0.2, 0.25) is 0 Å². The lowest BCUT2D eigenvalue weighted by atomic mass is 9.98. The minimum Gasteiger partial charge on any atom is -0.448 e. The number of aryl methyl sites for hydroxylation is 1. The Labute approximate surface area is 169 Å². The van der Waals surface area contributed by atoms with Gasteiger partial charge >= 0.3 is 6.09 Å². The van der Waals surface area contributed by atoms with E-state index in [2.05, 4.69) is 52.0 Å². The molecule has 3 aromatic rings. The van der Waals surface area contributed by atoms with Crippen LogP contribution < -0.4 is 5.32 Å². The summed E-state index contributed by atoms with van der Waals surface area (Å²) in [5, 5.41) is 11.5. The largest absolute Gasteiger partial charge is 0.448 e. The Morgan fingerprint density at radius 3 is 2.48 bits per heavy atom. The van der Waals surface area contributed by atoms with E-state index < -0.39 is 0 Å². The highest BCUT2D eigenvalue weighted by Crippen LogP contribution is 2.44. The van der Waals surface area contributed by atoms with Gasteiger partial charge in [0.05, 0.1) is 6.04 Å². The Balaban J connectivity index is 1.28. The molecule has 1 aromatic heterocycles. The third kappa shape index (κ3) is 3.27. The van der Waals surface area contributed by atoms with E-state index in [9.17, 15) is 4.79 Å². The van der Waals surface area contributed by atoms with Crippen LogP contribution in [0.15, 0.2) is 54.7 Å². The number of carbonyl (C=O) groups is 1. The number of piperazine rings is 1. The summed E-state index contributed by atoms with van der Waals surface area (Å²) in [4.78, 5) is 14.5. The van der Waals surface area contributed by atoms with Gasteiger partial charge < -0.3 is 15.0 Å². The Bertz CT molecular complexity index is 1000. The van der Waals surface area contributed by atoms with E-state index in [-0.39, 0.29) is 18.1 Å². The molecule has 1 saturated heterocycles. The van der Waals surface area contributed by atoms with Crippen LogP contribution in [-0.2, 0) is 11.8 Å². The van der Waals surface area contributed by atoms with Crippen LogP contribution in [0.25, 0.3) is 11.1 Å². The zero-order valence-electron chi connectivity index (χ0n) is 16.3. The van der Waals surface area contributed by atoms with Gasteiger partial charge in [0.1, 0.15) is 12.3 Å². The Kier molecular flexibility index (Phi) is 4.52. The van der Waals surface area contributed by atoms with Crippen molar-refractivity contribution in [1.82, 2.24) is 25.2 Å². The lowest BCUT2D eigenvalue weighted by Gasteiger charge is -2.32. The van der Waals surface area contributed by atoms with Crippen LogP contribution in [0.3, 0.4) is 0 Å². The van der Waals surface area contributed by atoms with Crippen LogP contribution in [0.2, 0.25) is 0 Å². The number of ether oxygens (including phenoxy) is 1. The molecule has 7 heteroatoms. The van der Waals surface area contributed by atoms with Crippen LogP contribution in [0.1, 0.15) is 28.8 Å². The summed E-state index contributed by atoms with van der Waals surface area (Å²) in [6, 6.07) is 16.7. The lowest BCUT2D eigenvalue weighted by Crippen LogP contribution is -2.48. The number of aromatic nitrogens is 3. The van der Waals surface area contributed by atoms with Crippen LogP contribution in [0, 0.1) is 0 Å². The number of nitrogens with one attached hydrogen (secondary N) is 1. The van der Waals surface area contributed by atoms with Crippen molar-refractivity contribution in [2.75, 3.05) is 26.2 Å². The van der Waals surface area contributed by atoms with Crippen LogP contribution in [0.4, 0.5) is 4.79 Å². The van der Waals surface area contributed by atoms with Crippen molar-refractivity contribution in [2.45, 2.75) is 12.0 Å². The van der Waals surface area contributed by atoms with Crippen molar-refractivity contribution in [3.63, 3.8) is 0 Å². The van der Waals surface area contributed by atoms with Crippen molar-refractivity contribution >= 4 is 6.09 Å². The molecular weight excluding hydrogens is 366 g/mol. The Hall–Kier alpha value is -3.19. The minimum atomic E-state index is -0.276. The second-order valence-electron chi connectivity index (χ2n) is 7.57. The summed E-state index contributed by atoms with van der Waals surface area (Å²) < 4.78 is 7.46. The van der Waals surface area contributed by atoms with Gasteiger partial charge in [0.15, 0.2) is 0 Å². The summed E-state index contributed by atoms with van der Waals surface area (Å²) in [6.45, 7) is 2.18. The zero-order chi connectivity index (χ0) is 19.8. The Morgan fingerprint density at radius 2 is 1.83 bits per heavy atom. The highest BCUT2D eigenvalue weighted by Gasteiger charge is 2.31. The number of nitrogens with zero attached hydrogens (tertiary/aromatic N) is 4. The molecule has 1 N–H and O–H groups in total. The number of amides is 1. The van der Waals surface area contributed by atoms with Gasteiger partial charge in [-0.05, 0) is 22.3 Å². The van der Waals surface area contributed by atoms with Gasteiger partial charge in [-0.25, -0.2) is 4.79 Å². The lowest BCUT2D eigenvalue weighted by molar-refractivity contribution is 0.0880. The predicted molar refractivity (Wildman–Crippen MR) is 108 cm³/mol. The molecule has 1 fully saturated rings. The molecule has 5 rings (SSSR count). The molecule has 2 aliphatic rings. The van der Waals surface area contributed by atoms with E-state index in [1.54, 1.807) is 9.58 Å². The van der Waals surface area contributed by atoms with E-state index in [1.807, 2.05) is 25.4 Å². The summed E-state index contributed by atoms with van der Waals surface area (Å²) in [5.74, 6) is 0.0741. The fraction of sp³-hybridized carbons (Fsp3) is 0.318. The second-order valence-corrected chi connectivity index (χ2v) is 7.57. The Morgan fingerprint density at radius 1 is 1.14 bits per heavy atom. The molecule has 0 spiro atoms. The average Bonchev–Trinajstić information content (AvgIpc) is 3.34. The van der Waals surface area contributed by atoms with Gasteiger partial charge in [-0.3, -0.25) is 4.68 Å². The summed E-state index contributed by atoms with van der Waals surface area (Å²) in [5.41, 5.74) is 5.74. The number of hydrogen-bond donors (Lipinski definition) is 1. The number of benzene rings is 2. The molecule has 1 unspecified atom stereocenters. The minimum absolute atomic E-state index is 0.0297. The van der Waals surface area contributed by atoms with Gasteiger partial charge in [0.25, 0.3) is 0 Å². The average molecular weight is 389 g/mol. The molecule has 2 heterocycles. The van der Waals surface area contributed by atoms with E-state index in [1.165, 1.54) is 22.3 Å². The maximum atomic E-state index is 12.8. The van der Waals surface area contributed by atoms with E-state index >= 15 is 0 Å². The fourth-order valence-corrected chi connectivity index (χ4v) is 4.32. The van der Waals surface area contributed by atoms with E-state index in [0.29, 0.717) is 26.2 Å². The molecule has 2 aromatic carbocycles.